The second-order valence-corrected chi connectivity index (χ2v) is 6.79. The molecule has 7 nitrogen and oxygen atoms in total. The largest absolute Gasteiger partial charge is 0.465 e. The van der Waals surface area contributed by atoms with E-state index in [4.69, 9.17) is 0 Å². The van der Waals surface area contributed by atoms with Crippen molar-refractivity contribution in [1.29, 1.82) is 0 Å². The molecule has 0 aliphatic carbocycles. The van der Waals surface area contributed by atoms with Gasteiger partial charge in [0.15, 0.2) is 5.69 Å². The van der Waals surface area contributed by atoms with Gasteiger partial charge in [-0.15, -0.1) is 0 Å². The molecule has 0 fully saturated rings. The molecule has 0 spiro atoms. The second-order valence-electron chi connectivity index (χ2n) is 6.79. The summed E-state index contributed by atoms with van der Waals surface area (Å²) in [5.74, 6) is -0.321. The third-order valence-electron chi connectivity index (χ3n) is 3.79. The summed E-state index contributed by atoms with van der Waals surface area (Å²) in [6.07, 6.45) is 0.785. The number of nitrogens with zero attached hydrogens (tertiary/aromatic N) is 3. The van der Waals surface area contributed by atoms with Crippen molar-refractivity contribution in [3.8, 4) is 11.1 Å². The lowest BCUT2D eigenvalue weighted by molar-refractivity contribution is 0.0888. The van der Waals surface area contributed by atoms with Crippen LogP contribution in [0.2, 0.25) is 0 Å². The highest BCUT2D eigenvalue weighted by Crippen LogP contribution is 2.22. The molecular formula is C18H24N4O3. The monoisotopic (exact) mass is 344 g/mol. The molecule has 0 saturated heterocycles. The molecule has 2 aromatic rings. The minimum atomic E-state index is -1.01. The minimum absolute atomic E-state index is 0.206. The zero-order valence-corrected chi connectivity index (χ0v) is 15.0. The molecule has 0 radical (unpaired) electrons. The third kappa shape index (κ3) is 4.59. The van der Waals surface area contributed by atoms with E-state index in [-0.39, 0.29) is 19.0 Å². The van der Waals surface area contributed by atoms with Crippen LogP contribution in [0, 0.1) is 0 Å². The maximum atomic E-state index is 12.5. The molecule has 2 rings (SSSR count). The number of hydrogen-bond acceptors (Lipinski definition) is 3. The third-order valence-corrected chi connectivity index (χ3v) is 3.79. The highest BCUT2D eigenvalue weighted by atomic mass is 16.4. The molecule has 0 aliphatic heterocycles. The van der Waals surface area contributed by atoms with Crippen LogP contribution in [0.4, 0.5) is 4.79 Å². The summed E-state index contributed by atoms with van der Waals surface area (Å²) < 4.78 is 1.59. The topological polar surface area (TPSA) is 87.5 Å². The number of hydrogen-bond donors (Lipinski definition) is 2. The first-order valence-corrected chi connectivity index (χ1v) is 8.08. The van der Waals surface area contributed by atoms with Crippen molar-refractivity contribution in [2.75, 3.05) is 13.1 Å². The summed E-state index contributed by atoms with van der Waals surface area (Å²) in [7, 11) is 1.76. The van der Waals surface area contributed by atoms with E-state index in [1.165, 1.54) is 4.90 Å². The zero-order chi connectivity index (χ0) is 18.6. The first kappa shape index (κ1) is 18.5. The van der Waals surface area contributed by atoms with Gasteiger partial charge < -0.3 is 15.3 Å². The van der Waals surface area contributed by atoms with Gasteiger partial charge in [0.05, 0.1) is 0 Å². The Hall–Kier alpha value is -2.83. The van der Waals surface area contributed by atoms with Crippen molar-refractivity contribution < 1.29 is 14.7 Å². The maximum Gasteiger partial charge on any atom is 0.407 e. The molecule has 1 aromatic carbocycles. The van der Waals surface area contributed by atoms with E-state index in [0.29, 0.717) is 5.69 Å². The molecule has 0 unspecified atom stereocenters. The number of amides is 2. The van der Waals surface area contributed by atoms with Gasteiger partial charge in [0.1, 0.15) is 0 Å². The number of aromatic nitrogens is 2. The fraction of sp³-hybridized carbons (Fsp3) is 0.389. The lowest BCUT2D eigenvalue weighted by atomic mass is 10.1. The quantitative estimate of drug-likeness (QED) is 0.873. The Kier molecular flexibility index (Phi) is 5.46. The predicted molar refractivity (Wildman–Crippen MR) is 95.5 cm³/mol. The number of aryl methyl sites for hydroxylation is 1. The molecule has 134 valence electrons. The van der Waals surface area contributed by atoms with E-state index < -0.39 is 11.6 Å². The summed E-state index contributed by atoms with van der Waals surface area (Å²) >= 11 is 0. The van der Waals surface area contributed by atoms with Crippen LogP contribution in [0.5, 0.6) is 0 Å². The fourth-order valence-corrected chi connectivity index (χ4v) is 2.57. The SMILES string of the molecule is Cn1cc(-c2ccccc2)c(C(=O)NCCN(C(=O)O)C(C)(C)C)n1. The van der Waals surface area contributed by atoms with Gasteiger partial charge in [-0.25, -0.2) is 4.79 Å². The first-order chi connectivity index (χ1) is 11.7. The highest BCUT2D eigenvalue weighted by Gasteiger charge is 2.26. The van der Waals surface area contributed by atoms with Gasteiger partial charge in [-0.05, 0) is 26.3 Å². The molecule has 0 saturated carbocycles. The number of carboxylic acid groups (broad SMARTS) is 1. The van der Waals surface area contributed by atoms with E-state index in [9.17, 15) is 14.7 Å². The smallest absolute Gasteiger partial charge is 0.407 e. The van der Waals surface area contributed by atoms with Crippen molar-refractivity contribution >= 4 is 12.0 Å². The van der Waals surface area contributed by atoms with Crippen LogP contribution in [-0.4, -0.2) is 50.4 Å². The molecule has 7 heteroatoms. The highest BCUT2D eigenvalue weighted by molar-refractivity contribution is 5.98. The van der Waals surface area contributed by atoms with Gasteiger partial charge in [0.2, 0.25) is 0 Å². The van der Waals surface area contributed by atoms with Crippen LogP contribution in [0.1, 0.15) is 31.3 Å². The Morgan fingerprint density at radius 1 is 1.24 bits per heavy atom. The summed E-state index contributed by atoms with van der Waals surface area (Å²) in [5.41, 5.74) is 1.44. The molecule has 0 bridgehead atoms. The van der Waals surface area contributed by atoms with Crippen LogP contribution in [0.3, 0.4) is 0 Å². The molecule has 1 aromatic heterocycles. The lowest BCUT2D eigenvalue weighted by Crippen LogP contribution is -2.48. The molecule has 0 atom stereocenters. The van der Waals surface area contributed by atoms with Crippen molar-refractivity contribution in [3.63, 3.8) is 0 Å². The Morgan fingerprint density at radius 2 is 1.88 bits per heavy atom. The van der Waals surface area contributed by atoms with E-state index in [1.807, 2.05) is 51.1 Å². The van der Waals surface area contributed by atoms with Crippen molar-refractivity contribution in [2.24, 2.45) is 7.05 Å². The van der Waals surface area contributed by atoms with Gasteiger partial charge >= 0.3 is 6.09 Å². The lowest BCUT2D eigenvalue weighted by Gasteiger charge is -2.33. The van der Waals surface area contributed by atoms with Crippen LogP contribution >= 0.6 is 0 Å². The van der Waals surface area contributed by atoms with Crippen LogP contribution in [0.15, 0.2) is 36.5 Å². The number of carbonyl (C=O) groups excluding carboxylic acids is 1. The first-order valence-electron chi connectivity index (χ1n) is 8.08. The minimum Gasteiger partial charge on any atom is -0.465 e. The number of benzene rings is 1. The Balaban J connectivity index is 2.08. The maximum absolute atomic E-state index is 12.5. The number of nitrogens with one attached hydrogen (secondary N) is 1. The van der Waals surface area contributed by atoms with Crippen molar-refractivity contribution in [2.45, 2.75) is 26.3 Å². The van der Waals surface area contributed by atoms with Gasteiger partial charge in [-0.2, -0.15) is 5.10 Å². The average Bonchev–Trinajstić information content (AvgIpc) is 2.92. The standard InChI is InChI=1S/C18H24N4O3/c1-18(2,3)22(17(24)25)11-10-19-16(23)15-14(12-21(4)20-15)13-8-6-5-7-9-13/h5-9,12H,10-11H2,1-4H3,(H,19,23)(H,24,25). The van der Waals surface area contributed by atoms with Crippen LogP contribution < -0.4 is 5.32 Å². The molecule has 2 N–H and O–H groups in total. The van der Waals surface area contributed by atoms with Crippen molar-refractivity contribution in [3.05, 3.63) is 42.2 Å². The van der Waals surface area contributed by atoms with Gasteiger partial charge in [0, 0.05) is 37.4 Å². The molecule has 0 aliphatic rings. The fourth-order valence-electron chi connectivity index (χ4n) is 2.57. The van der Waals surface area contributed by atoms with Crippen LogP contribution in [0.25, 0.3) is 11.1 Å². The summed E-state index contributed by atoms with van der Waals surface area (Å²) in [4.78, 5) is 25.1. The van der Waals surface area contributed by atoms with E-state index in [2.05, 4.69) is 10.4 Å². The Bertz CT molecular complexity index is 747. The predicted octanol–water partition coefficient (Wildman–Crippen LogP) is 2.60. The number of carbonyl (C=O) groups is 2. The van der Waals surface area contributed by atoms with Crippen LogP contribution in [-0.2, 0) is 7.05 Å². The summed E-state index contributed by atoms with van der Waals surface area (Å²) in [5, 5.41) is 16.3. The van der Waals surface area contributed by atoms with Gasteiger partial charge in [-0.1, -0.05) is 30.3 Å². The second kappa shape index (κ2) is 7.38. The normalized spacial score (nSPS) is 11.2. The Labute approximate surface area is 147 Å². The summed E-state index contributed by atoms with van der Waals surface area (Å²) in [6, 6.07) is 9.54. The molecule has 1 heterocycles. The van der Waals surface area contributed by atoms with E-state index >= 15 is 0 Å². The van der Waals surface area contributed by atoms with E-state index in [1.54, 1.807) is 17.9 Å². The van der Waals surface area contributed by atoms with E-state index in [0.717, 1.165) is 11.1 Å². The van der Waals surface area contributed by atoms with Gasteiger partial charge in [0.25, 0.3) is 5.91 Å². The molecule has 25 heavy (non-hydrogen) atoms. The molecular weight excluding hydrogens is 320 g/mol. The summed E-state index contributed by atoms with van der Waals surface area (Å²) in [6.45, 7) is 5.87. The zero-order valence-electron chi connectivity index (χ0n) is 15.0. The Morgan fingerprint density at radius 3 is 2.44 bits per heavy atom. The number of rotatable bonds is 5. The average molecular weight is 344 g/mol. The van der Waals surface area contributed by atoms with Gasteiger partial charge in [-0.3, -0.25) is 9.48 Å². The molecule has 2 amide bonds. The van der Waals surface area contributed by atoms with Crippen molar-refractivity contribution in [1.82, 2.24) is 20.0 Å².